The fourth-order valence-electron chi connectivity index (χ4n) is 1.97. The molecule has 0 saturated carbocycles. The Morgan fingerprint density at radius 3 is 1.55 bits per heavy atom. The minimum Gasteiger partial charge on any atom is -0.465 e. The predicted molar refractivity (Wildman–Crippen MR) is 76.6 cm³/mol. The van der Waals surface area contributed by atoms with E-state index in [4.69, 9.17) is 32.7 Å². The van der Waals surface area contributed by atoms with Crippen LogP contribution in [-0.4, -0.2) is 26.2 Å². The Kier molecular flexibility index (Phi) is 4.16. The van der Waals surface area contributed by atoms with E-state index in [0.29, 0.717) is 20.8 Å². The van der Waals surface area contributed by atoms with Gasteiger partial charge >= 0.3 is 11.9 Å². The molecule has 6 heteroatoms. The van der Waals surface area contributed by atoms with Crippen molar-refractivity contribution in [3.63, 3.8) is 0 Å². The number of ether oxygens (including phenoxy) is 2. The van der Waals surface area contributed by atoms with Gasteiger partial charge in [-0.2, -0.15) is 0 Å². The maximum atomic E-state index is 11.9. The van der Waals surface area contributed by atoms with Gasteiger partial charge in [-0.05, 0) is 24.3 Å². The Morgan fingerprint density at radius 2 is 1.20 bits per heavy atom. The van der Waals surface area contributed by atoms with Crippen LogP contribution in [0.2, 0.25) is 10.0 Å². The van der Waals surface area contributed by atoms with Gasteiger partial charge in [-0.25, -0.2) is 9.59 Å². The van der Waals surface area contributed by atoms with Crippen LogP contribution in [0.25, 0.3) is 10.8 Å². The van der Waals surface area contributed by atoms with Crippen molar-refractivity contribution >= 4 is 45.9 Å². The summed E-state index contributed by atoms with van der Waals surface area (Å²) in [6.45, 7) is 0. The zero-order valence-electron chi connectivity index (χ0n) is 10.7. The van der Waals surface area contributed by atoms with Gasteiger partial charge < -0.3 is 9.47 Å². The number of methoxy groups -OCH3 is 2. The van der Waals surface area contributed by atoms with Crippen molar-refractivity contribution in [3.8, 4) is 0 Å². The maximum absolute atomic E-state index is 11.9. The average Bonchev–Trinajstić information content (AvgIpc) is 2.46. The molecule has 0 bridgehead atoms. The third-order valence-electron chi connectivity index (χ3n) is 2.87. The van der Waals surface area contributed by atoms with E-state index in [0.717, 1.165) is 0 Å². The highest BCUT2D eigenvalue weighted by atomic mass is 35.5. The van der Waals surface area contributed by atoms with Crippen molar-refractivity contribution in [2.45, 2.75) is 0 Å². The molecule has 0 amide bonds. The summed E-state index contributed by atoms with van der Waals surface area (Å²) in [7, 11) is 2.51. The minimum absolute atomic E-state index is 0.204. The molecule has 0 radical (unpaired) electrons. The lowest BCUT2D eigenvalue weighted by Gasteiger charge is -2.11. The molecule has 0 spiro atoms. The van der Waals surface area contributed by atoms with Crippen molar-refractivity contribution < 1.29 is 19.1 Å². The van der Waals surface area contributed by atoms with Gasteiger partial charge in [-0.3, -0.25) is 0 Å². The number of carbonyl (C=O) groups is 2. The first kappa shape index (κ1) is 14.6. The van der Waals surface area contributed by atoms with Crippen molar-refractivity contribution in [1.82, 2.24) is 0 Å². The van der Waals surface area contributed by atoms with E-state index in [1.807, 2.05) is 0 Å². The summed E-state index contributed by atoms with van der Waals surface area (Å²) in [4.78, 5) is 23.7. The van der Waals surface area contributed by atoms with Crippen LogP contribution >= 0.6 is 23.2 Å². The fraction of sp³-hybridized carbons (Fsp3) is 0.143. The topological polar surface area (TPSA) is 52.6 Å². The Morgan fingerprint density at radius 1 is 0.800 bits per heavy atom. The predicted octanol–water partition coefficient (Wildman–Crippen LogP) is 3.72. The van der Waals surface area contributed by atoms with Crippen LogP contribution in [0.1, 0.15) is 20.7 Å². The zero-order valence-corrected chi connectivity index (χ0v) is 12.2. The summed E-state index contributed by atoms with van der Waals surface area (Å²) in [6, 6.07) is 6.03. The van der Waals surface area contributed by atoms with Crippen molar-refractivity contribution in [2.24, 2.45) is 0 Å². The van der Waals surface area contributed by atoms with E-state index in [2.05, 4.69) is 0 Å². The number of benzene rings is 2. The molecule has 0 aliphatic carbocycles. The highest BCUT2D eigenvalue weighted by molar-refractivity contribution is 6.43. The molecular formula is C14H10Cl2O4. The van der Waals surface area contributed by atoms with E-state index in [9.17, 15) is 9.59 Å². The Bertz CT molecular complexity index is 653. The number of halogens is 2. The first-order chi connectivity index (χ1) is 9.51. The van der Waals surface area contributed by atoms with E-state index < -0.39 is 11.9 Å². The molecule has 2 rings (SSSR count). The fourth-order valence-corrected chi connectivity index (χ4v) is 2.54. The van der Waals surface area contributed by atoms with Crippen LogP contribution in [0.3, 0.4) is 0 Å². The Hall–Kier alpha value is -1.78. The van der Waals surface area contributed by atoms with Crippen molar-refractivity contribution in [1.29, 1.82) is 0 Å². The van der Waals surface area contributed by atoms with Gasteiger partial charge in [0.25, 0.3) is 0 Å². The third-order valence-corrected chi connectivity index (χ3v) is 3.50. The monoisotopic (exact) mass is 312 g/mol. The lowest BCUT2D eigenvalue weighted by molar-refractivity contribution is 0.0601. The van der Waals surface area contributed by atoms with E-state index in [1.165, 1.54) is 38.5 Å². The number of hydrogen-bond donors (Lipinski definition) is 0. The van der Waals surface area contributed by atoms with Crippen LogP contribution in [0.15, 0.2) is 24.3 Å². The van der Waals surface area contributed by atoms with E-state index >= 15 is 0 Å². The Labute approximate surface area is 125 Å². The van der Waals surface area contributed by atoms with Gasteiger partial charge in [-0.1, -0.05) is 23.2 Å². The summed E-state index contributed by atoms with van der Waals surface area (Å²) >= 11 is 12.2. The molecule has 4 nitrogen and oxygen atoms in total. The lowest BCUT2D eigenvalue weighted by Crippen LogP contribution is -2.08. The molecule has 0 fully saturated rings. The standard InChI is InChI=1S/C14H10Cl2O4/c1-19-13(17)7-3-5-9(15)12-10(16)6-4-8(11(7)12)14(18)20-2/h3-6H,1-2H3. The van der Waals surface area contributed by atoms with Crippen molar-refractivity contribution in [2.75, 3.05) is 14.2 Å². The second-order valence-corrected chi connectivity index (χ2v) is 4.74. The highest BCUT2D eigenvalue weighted by Gasteiger charge is 2.21. The number of fused-ring (bicyclic) bond motifs is 1. The zero-order chi connectivity index (χ0) is 14.9. The smallest absolute Gasteiger partial charge is 0.338 e. The molecule has 0 aliphatic heterocycles. The SMILES string of the molecule is COC(=O)c1ccc(Cl)c2c(Cl)ccc(C(=O)OC)c12. The molecule has 0 N–H and O–H groups in total. The first-order valence-electron chi connectivity index (χ1n) is 5.58. The second-order valence-electron chi connectivity index (χ2n) is 3.92. The Balaban J connectivity index is 2.95. The first-order valence-corrected chi connectivity index (χ1v) is 6.34. The molecule has 0 saturated heterocycles. The number of hydrogen-bond acceptors (Lipinski definition) is 4. The summed E-state index contributed by atoms with van der Waals surface area (Å²) in [5.74, 6) is -1.17. The van der Waals surface area contributed by atoms with Crippen LogP contribution in [-0.2, 0) is 9.47 Å². The van der Waals surface area contributed by atoms with Crippen LogP contribution in [0.5, 0.6) is 0 Å². The summed E-state index contributed by atoms with van der Waals surface area (Å²) in [5, 5.41) is 1.41. The van der Waals surface area contributed by atoms with E-state index in [1.54, 1.807) is 0 Å². The van der Waals surface area contributed by atoms with Gasteiger partial charge in [0.15, 0.2) is 0 Å². The molecule has 0 atom stereocenters. The second kappa shape index (κ2) is 5.69. The summed E-state index contributed by atoms with van der Waals surface area (Å²) < 4.78 is 9.43. The largest absolute Gasteiger partial charge is 0.465 e. The molecule has 0 unspecified atom stereocenters. The third kappa shape index (κ3) is 2.32. The molecule has 104 valence electrons. The van der Waals surface area contributed by atoms with Gasteiger partial charge in [0.1, 0.15) is 0 Å². The number of rotatable bonds is 2. The molecule has 2 aromatic rings. The molecule has 0 heterocycles. The molecule has 0 aromatic heterocycles. The normalized spacial score (nSPS) is 10.4. The average molecular weight is 313 g/mol. The molecular weight excluding hydrogens is 303 g/mol. The molecule has 0 aliphatic rings. The van der Waals surface area contributed by atoms with Crippen LogP contribution < -0.4 is 0 Å². The van der Waals surface area contributed by atoms with Gasteiger partial charge in [0.2, 0.25) is 0 Å². The van der Waals surface area contributed by atoms with Crippen molar-refractivity contribution in [3.05, 3.63) is 45.4 Å². The van der Waals surface area contributed by atoms with Crippen LogP contribution in [0, 0.1) is 0 Å². The van der Waals surface area contributed by atoms with Gasteiger partial charge in [0.05, 0.1) is 25.3 Å². The summed E-state index contributed by atoms with van der Waals surface area (Å²) in [5.41, 5.74) is 0.407. The highest BCUT2D eigenvalue weighted by Crippen LogP contribution is 2.35. The minimum atomic E-state index is -0.584. The summed E-state index contributed by atoms with van der Waals surface area (Å²) in [6.07, 6.45) is 0. The quantitative estimate of drug-likeness (QED) is 0.793. The lowest BCUT2D eigenvalue weighted by atomic mass is 9.99. The van der Waals surface area contributed by atoms with Gasteiger partial charge in [0, 0.05) is 20.8 Å². The van der Waals surface area contributed by atoms with Crippen LogP contribution in [0.4, 0.5) is 0 Å². The molecule has 20 heavy (non-hydrogen) atoms. The van der Waals surface area contributed by atoms with E-state index in [-0.39, 0.29) is 11.1 Å². The number of carbonyl (C=O) groups excluding carboxylic acids is 2. The molecule has 2 aromatic carbocycles. The number of esters is 2. The maximum Gasteiger partial charge on any atom is 0.338 e. The van der Waals surface area contributed by atoms with Gasteiger partial charge in [-0.15, -0.1) is 0 Å².